The highest BCUT2D eigenvalue weighted by atomic mass is 16.6. The highest BCUT2D eigenvalue weighted by molar-refractivity contribution is 5.80. The van der Waals surface area contributed by atoms with Crippen molar-refractivity contribution in [1.29, 1.82) is 0 Å². The van der Waals surface area contributed by atoms with Gasteiger partial charge in [0, 0.05) is 11.1 Å². The van der Waals surface area contributed by atoms with Crippen molar-refractivity contribution in [2.24, 2.45) is 5.92 Å². The number of carbonyl (C=O) groups excluding carboxylic acids is 2. The van der Waals surface area contributed by atoms with E-state index in [4.69, 9.17) is 9.47 Å². The van der Waals surface area contributed by atoms with Gasteiger partial charge in [0.15, 0.2) is 11.5 Å². The molecule has 0 unspecified atom stereocenters. The van der Waals surface area contributed by atoms with Crippen molar-refractivity contribution in [3.63, 3.8) is 0 Å². The monoisotopic (exact) mass is 262 g/mol. The molecule has 4 nitrogen and oxygen atoms in total. The second-order valence-corrected chi connectivity index (χ2v) is 4.40. The first-order chi connectivity index (χ1) is 9.03. The molecule has 0 spiro atoms. The van der Waals surface area contributed by atoms with E-state index >= 15 is 0 Å². The lowest BCUT2D eigenvalue weighted by atomic mass is 10.1. The quantitative estimate of drug-likeness (QED) is 0.342. The van der Waals surface area contributed by atoms with Crippen molar-refractivity contribution in [2.75, 3.05) is 7.11 Å². The third-order valence-corrected chi connectivity index (χ3v) is 2.55. The van der Waals surface area contributed by atoms with Gasteiger partial charge < -0.3 is 9.47 Å². The zero-order valence-corrected chi connectivity index (χ0v) is 11.4. The molecular formula is C15H18O4. The molecule has 1 aromatic rings. The summed E-state index contributed by atoms with van der Waals surface area (Å²) in [6.07, 6.45) is 2.89. The van der Waals surface area contributed by atoms with Gasteiger partial charge in [-0.05, 0) is 18.6 Å². The minimum atomic E-state index is -0.345. The van der Waals surface area contributed by atoms with Gasteiger partial charge in [-0.3, -0.25) is 9.59 Å². The van der Waals surface area contributed by atoms with Crippen LogP contribution in [0.25, 0.3) is 0 Å². The maximum atomic E-state index is 11.7. The average molecular weight is 262 g/mol. The molecule has 0 N–H and O–H groups in total. The zero-order chi connectivity index (χ0) is 14.4. The molecule has 0 heterocycles. The molecular weight excluding hydrogens is 244 g/mol. The van der Waals surface area contributed by atoms with E-state index < -0.39 is 0 Å². The summed E-state index contributed by atoms with van der Waals surface area (Å²) in [5.41, 5.74) is 1.17. The first kappa shape index (κ1) is 15.0. The first-order valence-electron chi connectivity index (χ1n) is 6.02. The van der Waals surface area contributed by atoms with Crippen molar-refractivity contribution in [1.82, 2.24) is 0 Å². The van der Waals surface area contributed by atoms with E-state index in [-0.39, 0.29) is 11.9 Å². The molecule has 1 rings (SSSR count). The van der Waals surface area contributed by atoms with E-state index in [0.717, 1.165) is 6.29 Å². The lowest BCUT2D eigenvalue weighted by Gasteiger charge is -2.15. The van der Waals surface area contributed by atoms with Crippen molar-refractivity contribution in [3.05, 3.63) is 35.9 Å². The summed E-state index contributed by atoms with van der Waals surface area (Å²) in [6, 6.07) is 3.21. The fraction of sp³-hybridized carbons (Fsp3) is 0.333. The van der Waals surface area contributed by atoms with E-state index in [2.05, 4.69) is 6.58 Å². The Morgan fingerprint density at radius 3 is 2.58 bits per heavy atom. The van der Waals surface area contributed by atoms with Gasteiger partial charge in [-0.25, -0.2) is 0 Å². The van der Waals surface area contributed by atoms with E-state index in [1.54, 1.807) is 32.1 Å². The van der Waals surface area contributed by atoms with Crippen LogP contribution in [0.5, 0.6) is 11.5 Å². The normalized spacial score (nSPS) is 10.1. The number of hydrogen-bond donors (Lipinski definition) is 0. The van der Waals surface area contributed by atoms with Gasteiger partial charge in [0.05, 0.1) is 13.0 Å². The summed E-state index contributed by atoms with van der Waals surface area (Å²) >= 11 is 0. The third kappa shape index (κ3) is 3.68. The van der Waals surface area contributed by atoms with Crippen molar-refractivity contribution in [2.45, 2.75) is 20.3 Å². The predicted molar refractivity (Wildman–Crippen MR) is 72.8 cm³/mol. The number of ether oxygens (including phenoxy) is 2. The second kappa shape index (κ2) is 6.73. The molecule has 0 aliphatic heterocycles. The highest BCUT2D eigenvalue weighted by Crippen LogP contribution is 2.33. The number of aldehydes is 1. The van der Waals surface area contributed by atoms with Crippen molar-refractivity contribution >= 4 is 12.3 Å². The second-order valence-electron chi connectivity index (χ2n) is 4.40. The topological polar surface area (TPSA) is 52.6 Å². The molecule has 0 saturated carbocycles. The number of esters is 1. The molecule has 0 aromatic heterocycles. The Kier molecular flexibility index (Phi) is 5.30. The minimum absolute atomic E-state index is 0.243. The maximum absolute atomic E-state index is 11.7. The molecule has 0 radical (unpaired) electrons. The molecule has 102 valence electrons. The molecule has 0 aliphatic carbocycles. The van der Waals surface area contributed by atoms with Crippen molar-refractivity contribution < 1.29 is 19.1 Å². The molecule has 1 aromatic carbocycles. The molecule has 0 amide bonds. The summed E-state index contributed by atoms with van der Waals surface area (Å²) in [5, 5.41) is 0. The summed E-state index contributed by atoms with van der Waals surface area (Å²) in [4.78, 5) is 22.6. The number of hydrogen-bond acceptors (Lipinski definition) is 4. The molecule has 0 saturated heterocycles. The van der Waals surface area contributed by atoms with Gasteiger partial charge in [0.1, 0.15) is 6.29 Å². The predicted octanol–water partition coefficient (Wildman–Crippen LogP) is 2.80. The highest BCUT2D eigenvalue weighted by Gasteiger charge is 2.18. The smallest absolute Gasteiger partial charge is 0.313 e. The summed E-state index contributed by atoms with van der Waals surface area (Å²) in [6.45, 7) is 7.16. The summed E-state index contributed by atoms with van der Waals surface area (Å²) < 4.78 is 10.5. The Balaban J connectivity index is 3.28. The van der Waals surface area contributed by atoms with Gasteiger partial charge >= 0.3 is 5.97 Å². The largest absolute Gasteiger partial charge is 0.493 e. The molecule has 19 heavy (non-hydrogen) atoms. The number of rotatable bonds is 6. The SMILES string of the molecule is C=CCc1cc(C=O)cc(OC)c1OC(=O)C(C)C. The van der Waals surface area contributed by atoms with Crippen LogP contribution in [0.2, 0.25) is 0 Å². The Bertz CT molecular complexity index is 489. The fourth-order valence-electron chi connectivity index (χ4n) is 1.54. The van der Waals surface area contributed by atoms with E-state index in [9.17, 15) is 9.59 Å². The van der Waals surface area contributed by atoms with Crippen LogP contribution in [0, 0.1) is 5.92 Å². The lowest BCUT2D eigenvalue weighted by molar-refractivity contribution is -0.137. The van der Waals surface area contributed by atoms with Crippen LogP contribution in [0.1, 0.15) is 29.8 Å². The van der Waals surface area contributed by atoms with Gasteiger partial charge in [-0.15, -0.1) is 6.58 Å². The third-order valence-electron chi connectivity index (χ3n) is 2.55. The summed E-state index contributed by atoms with van der Waals surface area (Å²) in [7, 11) is 1.47. The standard InChI is InChI=1S/C15H18O4/c1-5-6-12-7-11(9-16)8-13(18-4)14(12)19-15(17)10(2)3/h5,7-10H,1,6H2,2-4H3. The van der Waals surface area contributed by atoms with Crippen LogP contribution in [0.3, 0.4) is 0 Å². The number of benzene rings is 1. The van der Waals surface area contributed by atoms with Crippen LogP contribution in [-0.4, -0.2) is 19.4 Å². The molecule has 0 atom stereocenters. The molecule has 4 heteroatoms. The fourth-order valence-corrected chi connectivity index (χ4v) is 1.54. The number of methoxy groups -OCH3 is 1. The number of carbonyl (C=O) groups is 2. The Hall–Kier alpha value is -2.10. The van der Waals surface area contributed by atoms with Crippen LogP contribution >= 0.6 is 0 Å². The van der Waals surface area contributed by atoms with Gasteiger partial charge in [0.25, 0.3) is 0 Å². The Morgan fingerprint density at radius 1 is 1.42 bits per heavy atom. The maximum Gasteiger partial charge on any atom is 0.313 e. The van der Waals surface area contributed by atoms with Crippen molar-refractivity contribution in [3.8, 4) is 11.5 Å². The van der Waals surface area contributed by atoms with Crippen LogP contribution in [-0.2, 0) is 11.2 Å². The van der Waals surface area contributed by atoms with E-state index in [1.807, 2.05) is 0 Å². The Morgan fingerprint density at radius 2 is 2.11 bits per heavy atom. The minimum Gasteiger partial charge on any atom is -0.493 e. The van der Waals surface area contributed by atoms with Crippen LogP contribution in [0.4, 0.5) is 0 Å². The zero-order valence-electron chi connectivity index (χ0n) is 11.4. The van der Waals surface area contributed by atoms with Crippen LogP contribution < -0.4 is 9.47 Å². The van der Waals surface area contributed by atoms with Gasteiger partial charge in [-0.1, -0.05) is 19.9 Å². The van der Waals surface area contributed by atoms with E-state index in [0.29, 0.717) is 29.0 Å². The Labute approximate surface area is 113 Å². The van der Waals surface area contributed by atoms with Crippen LogP contribution in [0.15, 0.2) is 24.8 Å². The molecule has 0 fully saturated rings. The van der Waals surface area contributed by atoms with E-state index in [1.165, 1.54) is 7.11 Å². The number of allylic oxidation sites excluding steroid dienone is 1. The first-order valence-corrected chi connectivity index (χ1v) is 6.02. The molecule has 0 bridgehead atoms. The summed E-state index contributed by atoms with van der Waals surface area (Å²) in [5.74, 6) is 0.136. The molecule has 0 aliphatic rings. The van der Waals surface area contributed by atoms with Gasteiger partial charge in [0.2, 0.25) is 0 Å². The average Bonchev–Trinajstić information content (AvgIpc) is 2.40. The van der Waals surface area contributed by atoms with Gasteiger partial charge in [-0.2, -0.15) is 0 Å². The lowest BCUT2D eigenvalue weighted by Crippen LogP contribution is -2.16.